The highest BCUT2D eigenvalue weighted by Gasteiger charge is 2.35. The number of ether oxygens (including phenoxy) is 2. The summed E-state index contributed by atoms with van der Waals surface area (Å²) in [6.45, 7) is 2.26. The molecule has 0 unspecified atom stereocenters. The van der Waals surface area contributed by atoms with E-state index in [4.69, 9.17) is 44.9 Å². The van der Waals surface area contributed by atoms with E-state index in [0.717, 1.165) is 10.5 Å². The van der Waals surface area contributed by atoms with Crippen molar-refractivity contribution in [2.75, 3.05) is 11.5 Å². The maximum atomic E-state index is 14.4. The number of carbonyl (C=O) groups is 2. The Morgan fingerprint density at radius 1 is 1.03 bits per heavy atom. The lowest BCUT2D eigenvalue weighted by molar-refractivity contribution is -0.122. The normalized spacial score (nSPS) is 14.7. The Kier molecular flexibility index (Phi) is 7.88. The van der Waals surface area contributed by atoms with Gasteiger partial charge in [-0.25, -0.2) is 9.29 Å². The van der Waals surface area contributed by atoms with Gasteiger partial charge in [0.2, 0.25) is 0 Å². The van der Waals surface area contributed by atoms with Crippen molar-refractivity contribution in [3.05, 3.63) is 93.2 Å². The van der Waals surface area contributed by atoms with Gasteiger partial charge >= 0.3 is 0 Å². The molecule has 3 aromatic rings. The quantitative estimate of drug-likeness (QED) is 0.226. The number of hydrogen-bond donors (Lipinski definition) is 1. The first kappa shape index (κ1) is 25.6. The third-order valence-corrected chi connectivity index (χ3v) is 6.10. The van der Waals surface area contributed by atoms with Crippen LogP contribution in [0.15, 0.2) is 66.2 Å². The standard InChI is InChI=1S/C26H19Cl2FN2O4S/c1-2-34-22-13-15(12-19(28)23(22)35-14-16-7-3-4-8-18(16)27)11-17-24(32)30-26(36)31(25(17)33)21-10-6-5-9-20(21)29/h3-13H,2,14H2,1H3,(H,30,32,36)/b17-11+. The summed E-state index contributed by atoms with van der Waals surface area (Å²) in [5, 5.41) is 2.95. The number of para-hydroxylation sites is 1. The van der Waals surface area contributed by atoms with Gasteiger partial charge in [0.25, 0.3) is 11.8 Å². The second-order valence-electron chi connectivity index (χ2n) is 7.55. The third-order valence-electron chi connectivity index (χ3n) is 5.17. The molecule has 0 aliphatic carbocycles. The second-order valence-corrected chi connectivity index (χ2v) is 8.75. The van der Waals surface area contributed by atoms with Gasteiger partial charge in [0.1, 0.15) is 18.0 Å². The molecule has 2 amide bonds. The Morgan fingerprint density at radius 3 is 2.47 bits per heavy atom. The van der Waals surface area contributed by atoms with Gasteiger partial charge in [0.15, 0.2) is 16.6 Å². The fraction of sp³-hybridized carbons (Fsp3) is 0.115. The molecular formula is C26H19Cl2FN2O4S. The molecule has 4 rings (SSSR count). The number of rotatable bonds is 7. The molecule has 0 atom stereocenters. The van der Waals surface area contributed by atoms with E-state index in [1.54, 1.807) is 25.1 Å². The molecule has 1 aliphatic rings. The van der Waals surface area contributed by atoms with Crippen LogP contribution < -0.4 is 19.7 Å². The summed E-state index contributed by atoms with van der Waals surface area (Å²) in [4.78, 5) is 26.8. The van der Waals surface area contributed by atoms with Crippen LogP contribution in [0.3, 0.4) is 0 Å². The van der Waals surface area contributed by atoms with Crippen LogP contribution in [-0.2, 0) is 16.2 Å². The Morgan fingerprint density at radius 2 is 1.75 bits per heavy atom. The summed E-state index contributed by atoms with van der Waals surface area (Å²) in [5.41, 5.74) is 0.829. The summed E-state index contributed by atoms with van der Waals surface area (Å²) < 4.78 is 26.0. The molecule has 0 spiro atoms. The molecule has 0 saturated carbocycles. The largest absolute Gasteiger partial charge is 0.490 e. The van der Waals surface area contributed by atoms with Gasteiger partial charge in [-0.1, -0.05) is 53.5 Å². The van der Waals surface area contributed by atoms with E-state index in [1.807, 2.05) is 18.2 Å². The maximum Gasteiger partial charge on any atom is 0.270 e. The van der Waals surface area contributed by atoms with Crippen molar-refractivity contribution in [1.82, 2.24) is 5.32 Å². The van der Waals surface area contributed by atoms with Gasteiger partial charge in [0, 0.05) is 10.6 Å². The lowest BCUT2D eigenvalue weighted by Crippen LogP contribution is -2.54. The molecule has 0 radical (unpaired) electrons. The van der Waals surface area contributed by atoms with Crippen LogP contribution in [0.2, 0.25) is 10.0 Å². The topological polar surface area (TPSA) is 67.9 Å². The zero-order valence-corrected chi connectivity index (χ0v) is 21.2. The van der Waals surface area contributed by atoms with E-state index in [9.17, 15) is 14.0 Å². The molecule has 0 bridgehead atoms. The molecule has 1 saturated heterocycles. The number of carbonyl (C=O) groups excluding carboxylic acids is 2. The summed E-state index contributed by atoms with van der Waals surface area (Å²) in [6, 6.07) is 16.0. The van der Waals surface area contributed by atoms with Crippen LogP contribution >= 0.6 is 35.4 Å². The number of hydrogen-bond acceptors (Lipinski definition) is 5. The van der Waals surface area contributed by atoms with Crippen molar-refractivity contribution in [1.29, 1.82) is 0 Å². The fourth-order valence-electron chi connectivity index (χ4n) is 3.52. The minimum atomic E-state index is -0.776. The monoisotopic (exact) mass is 544 g/mol. The number of halogens is 3. The van der Waals surface area contributed by atoms with Crippen molar-refractivity contribution in [3.8, 4) is 11.5 Å². The molecule has 1 fully saturated rings. The SMILES string of the molecule is CCOc1cc(/C=C2\C(=O)NC(=S)N(c3ccccc3F)C2=O)cc(Cl)c1OCc1ccccc1Cl. The number of amides is 2. The second kappa shape index (κ2) is 11.1. The first-order valence-electron chi connectivity index (χ1n) is 10.8. The third kappa shape index (κ3) is 5.36. The van der Waals surface area contributed by atoms with Crippen LogP contribution in [0.5, 0.6) is 11.5 Å². The molecule has 6 nitrogen and oxygen atoms in total. The van der Waals surface area contributed by atoms with Gasteiger partial charge in [-0.15, -0.1) is 0 Å². The minimum absolute atomic E-state index is 0.0743. The Hall–Kier alpha value is -3.46. The van der Waals surface area contributed by atoms with Crippen LogP contribution in [0, 0.1) is 5.82 Å². The fourth-order valence-corrected chi connectivity index (χ4v) is 4.25. The van der Waals surface area contributed by atoms with E-state index >= 15 is 0 Å². The lowest BCUT2D eigenvalue weighted by atomic mass is 10.1. The van der Waals surface area contributed by atoms with Crippen molar-refractivity contribution < 1.29 is 23.5 Å². The summed E-state index contributed by atoms with van der Waals surface area (Å²) in [5.74, 6) is -1.55. The van der Waals surface area contributed by atoms with Crippen molar-refractivity contribution in [2.24, 2.45) is 0 Å². The highest BCUT2D eigenvalue weighted by molar-refractivity contribution is 7.80. The Bertz CT molecular complexity index is 1400. The zero-order chi connectivity index (χ0) is 25.8. The number of nitrogens with one attached hydrogen (secondary N) is 1. The van der Waals surface area contributed by atoms with Crippen molar-refractivity contribution in [2.45, 2.75) is 13.5 Å². The molecule has 36 heavy (non-hydrogen) atoms. The smallest absolute Gasteiger partial charge is 0.270 e. The van der Waals surface area contributed by atoms with E-state index in [2.05, 4.69) is 5.32 Å². The average molecular weight is 545 g/mol. The van der Waals surface area contributed by atoms with E-state index in [1.165, 1.54) is 30.3 Å². The number of anilines is 1. The van der Waals surface area contributed by atoms with Gasteiger partial charge in [-0.2, -0.15) is 0 Å². The summed E-state index contributed by atoms with van der Waals surface area (Å²) in [6.07, 6.45) is 1.33. The van der Waals surface area contributed by atoms with Gasteiger partial charge in [-0.05, 0) is 61.1 Å². The van der Waals surface area contributed by atoms with Crippen LogP contribution in [0.25, 0.3) is 6.08 Å². The molecule has 1 aliphatic heterocycles. The molecule has 0 aromatic heterocycles. The Labute approximate surface area is 222 Å². The highest BCUT2D eigenvalue weighted by atomic mass is 35.5. The van der Waals surface area contributed by atoms with E-state index in [0.29, 0.717) is 22.9 Å². The summed E-state index contributed by atoms with van der Waals surface area (Å²) >= 11 is 17.8. The number of nitrogens with zero attached hydrogens (tertiary/aromatic N) is 1. The minimum Gasteiger partial charge on any atom is -0.490 e. The predicted molar refractivity (Wildman–Crippen MR) is 141 cm³/mol. The lowest BCUT2D eigenvalue weighted by Gasteiger charge is -2.29. The zero-order valence-electron chi connectivity index (χ0n) is 18.9. The van der Waals surface area contributed by atoms with Crippen LogP contribution in [0.4, 0.5) is 10.1 Å². The van der Waals surface area contributed by atoms with Gasteiger partial charge < -0.3 is 9.47 Å². The average Bonchev–Trinajstić information content (AvgIpc) is 2.83. The molecule has 1 N–H and O–H groups in total. The first-order chi connectivity index (χ1) is 17.3. The molecule has 10 heteroatoms. The van der Waals surface area contributed by atoms with Gasteiger partial charge in [-0.3, -0.25) is 14.9 Å². The molecular weight excluding hydrogens is 526 g/mol. The maximum absolute atomic E-state index is 14.4. The highest BCUT2D eigenvalue weighted by Crippen LogP contribution is 2.38. The Balaban J connectivity index is 1.68. The van der Waals surface area contributed by atoms with Crippen molar-refractivity contribution in [3.63, 3.8) is 0 Å². The predicted octanol–water partition coefficient (Wildman–Crippen LogP) is 5.94. The van der Waals surface area contributed by atoms with Crippen LogP contribution in [-0.4, -0.2) is 23.5 Å². The molecule has 184 valence electrons. The summed E-state index contributed by atoms with van der Waals surface area (Å²) in [7, 11) is 0. The first-order valence-corrected chi connectivity index (χ1v) is 11.9. The molecule has 3 aromatic carbocycles. The number of benzene rings is 3. The van der Waals surface area contributed by atoms with Crippen LogP contribution in [0.1, 0.15) is 18.1 Å². The van der Waals surface area contributed by atoms with E-state index < -0.39 is 17.6 Å². The van der Waals surface area contributed by atoms with Crippen molar-refractivity contribution >= 4 is 64.1 Å². The molecule has 1 heterocycles. The van der Waals surface area contributed by atoms with Gasteiger partial charge in [0.05, 0.1) is 17.3 Å². The van der Waals surface area contributed by atoms with E-state index in [-0.39, 0.29) is 33.8 Å². The number of thiocarbonyl (C=S) groups is 1.